The molecule has 1 fully saturated rings. The van der Waals surface area contributed by atoms with Crippen molar-refractivity contribution in [3.8, 4) is 0 Å². The number of rotatable bonds is 4. The Morgan fingerprint density at radius 3 is 2.45 bits per heavy atom. The van der Waals surface area contributed by atoms with Gasteiger partial charge in [-0.15, -0.1) is 4.41 Å². The minimum absolute atomic E-state index is 0.0190. The summed E-state index contributed by atoms with van der Waals surface area (Å²) >= 11 is 18.0. The molecule has 1 aliphatic heterocycles. The highest BCUT2D eigenvalue weighted by molar-refractivity contribution is 8.00. The molecule has 20 heavy (non-hydrogen) atoms. The second kappa shape index (κ2) is 6.58. The number of urea groups is 1. The zero-order valence-corrected chi connectivity index (χ0v) is 13.4. The third kappa shape index (κ3) is 3.09. The molecule has 1 aliphatic rings. The summed E-state index contributed by atoms with van der Waals surface area (Å²) in [6.45, 7) is 1.84. The van der Waals surface area contributed by atoms with Crippen LogP contribution in [0.1, 0.15) is 13.3 Å². The molecule has 0 spiro atoms. The minimum Gasteiger partial charge on any atom is -0.272 e. The molecule has 1 unspecified atom stereocenters. The van der Waals surface area contributed by atoms with E-state index in [1.165, 1.54) is 4.90 Å². The molecule has 0 radical (unpaired) electrons. The number of carbonyl (C=O) groups excluding carboxylic acids is 1. The van der Waals surface area contributed by atoms with Crippen molar-refractivity contribution in [2.75, 3.05) is 4.90 Å². The van der Waals surface area contributed by atoms with Crippen LogP contribution < -0.4 is 4.90 Å². The molecule has 1 aromatic rings. The van der Waals surface area contributed by atoms with Gasteiger partial charge >= 0.3 is 6.03 Å². The van der Waals surface area contributed by atoms with Gasteiger partial charge in [-0.3, -0.25) is 4.90 Å². The first-order valence-corrected chi connectivity index (χ1v) is 7.83. The molecule has 0 bridgehead atoms. The van der Waals surface area contributed by atoms with Crippen LogP contribution in [0.5, 0.6) is 0 Å². The van der Waals surface area contributed by atoms with E-state index < -0.39 is 16.4 Å². The smallest absolute Gasteiger partial charge is 0.272 e. The SMILES string of the molecule is CCC1N(c2ccc(Cl)cc2)C(=O)N(F)N1SC(Cl)Cl. The van der Waals surface area contributed by atoms with Gasteiger partial charge in [0.15, 0.2) is 4.17 Å². The first kappa shape index (κ1) is 16.0. The highest BCUT2D eigenvalue weighted by Crippen LogP contribution is 2.38. The molecule has 0 aromatic heterocycles. The summed E-state index contributed by atoms with van der Waals surface area (Å²) in [6.07, 6.45) is -0.0128. The van der Waals surface area contributed by atoms with Crippen molar-refractivity contribution >= 4 is 58.5 Å². The van der Waals surface area contributed by atoms with E-state index in [0.717, 1.165) is 16.4 Å². The van der Waals surface area contributed by atoms with Crippen molar-refractivity contribution < 1.29 is 9.28 Å². The highest BCUT2D eigenvalue weighted by atomic mass is 35.5. The minimum atomic E-state index is -0.875. The number of alkyl halides is 2. The van der Waals surface area contributed by atoms with Crippen molar-refractivity contribution in [1.82, 2.24) is 9.65 Å². The fraction of sp³-hybridized carbons (Fsp3) is 0.364. The lowest BCUT2D eigenvalue weighted by Gasteiger charge is -2.26. The largest absolute Gasteiger partial charge is 0.370 e. The van der Waals surface area contributed by atoms with Gasteiger partial charge in [0.1, 0.15) is 6.17 Å². The van der Waals surface area contributed by atoms with Crippen molar-refractivity contribution in [2.45, 2.75) is 23.7 Å². The number of benzene rings is 1. The van der Waals surface area contributed by atoms with Crippen molar-refractivity contribution in [3.63, 3.8) is 0 Å². The van der Waals surface area contributed by atoms with Gasteiger partial charge in [-0.05, 0) is 42.6 Å². The van der Waals surface area contributed by atoms with Gasteiger partial charge in [0, 0.05) is 10.7 Å². The number of hydrazine groups is 1. The Morgan fingerprint density at radius 2 is 1.95 bits per heavy atom. The molecule has 1 heterocycles. The maximum Gasteiger partial charge on any atom is 0.370 e. The number of amides is 2. The first-order chi connectivity index (χ1) is 9.45. The average Bonchev–Trinajstić information content (AvgIpc) is 2.64. The van der Waals surface area contributed by atoms with Gasteiger partial charge in [-0.1, -0.05) is 51.4 Å². The molecular formula is C11H11Cl3FN3OS. The van der Waals surface area contributed by atoms with Crippen molar-refractivity contribution in [2.24, 2.45) is 0 Å². The molecule has 0 N–H and O–H groups in total. The average molecular weight is 359 g/mol. The molecule has 1 aromatic carbocycles. The number of halogens is 4. The third-order valence-electron chi connectivity index (χ3n) is 2.75. The fourth-order valence-electron chi connectivity index (χ4n) is 1.93. The molecule has 110 valence electrons. The van der Waals surface area contributed by atoms with E-state index in [9.17, 15) is 9.28 Å². The van der Waals surface area contributed by atoms with E-state index in [2.05, 4.69) is 0 Å². The monoisotopic (exact) mass is 357 g/mol. The van der Waals surface area contributed by atoms with Crippen LogP contribution in [0.3, 0.4) is 0 Å². The summed E-state index contributed by atoms with van der Waals surface area (Å²) in [5, 5.41) is 0.559. The van der Waals surface area contributed by atoms with Crippen molar-refractivity contribution in [1.29, 1.82) is 0 Å². The molecule has 1 saturated heterocycles. The molecule has 9 heteroatoms. The van der Waals surface area contributed by atoms with Crippen LogP contribution >= 0.6 is 46.8 Å². The van der Waals surface area contributed by atoms with Gasteiger partial charge in [-0.25, -0.2) is 4.79 Å². The number of carbonyl (C=O) groups is 1. The summed E-state index contributed by atoms with van der Waals surface area (Å²) in [5.74, 6) is 0. The number of anilines is 1. The van der Waals surface area contributed by atoms with E-state index in [0.29, 0.717) is 17.1 Å². The van der Waals surface area contributed by atoms with E-state index in [4.69, 9.17) is 34.8 Å². The quantitative estimate of drug-likeness (QED) is 0.438. The Labute approximate surface area is 135 Å². The van der Waals surface area contributed by atoms with Gasteiger partial charge < -0.3 is 0 Å². The van der Waals surface area contributed by atoms with Crippen LogP contribution in [0.25, 0.3) is 0 Å². The van der Waals surface area contributed by atoms with Crippen LogP contribution in [0.4, 0.5) is 15.0 Å². The molecule has 2 rings (SSSR count). The maximum absolute atomic E-state index is 14.0. The number of nitrogens with zero attached hydrogens (tertiary/aromatic N) is 3. The Morgan fingerprint density at radius 1 is 1.35 bits per heavy atom. The summed E-state index contributed by atoms with van der Waals surface area (Å²) < 4.78 is 14.2. The Bertz CT molecular complexity index is 490. The lowest BCUT2D eigenvalue weighted by atomic mass is 10.2. The zero-order chi connectivity index (χ0) is 14.9. The van der Waals surface area contributed by atoms with Gasteiger partial charge in [0.05, 0.1) is 0 Å². The Hall–Kier alpha value is -0.400. The van der Waals surface area contributed by atoms with Gasteiger partial charge in [-0.2, -0.15) is 0 Å². The van der Waals surface area contributed by atoms with E-state index >= 15 is 0 Å². The zero-order valence-electron chi connectivity index (χ0n) is 10.3. The molecular weight excluding hydrogens is 348 g/mol. The van der Waals surface area contributed by atoms with Crippen LogP contribution in [0.15, 0.2) is 24.3 Å². The summed E-state index contributed by atoms with van der Waals surface area (Å²) in [4.78, 5) is 13.4. The van der Waals surface area contributed by atoms with Crippen LogP contribution in [0.2, 0.25) is 5.02 Å². The molecule has 1 atom stereocenters. The van der Waals surface area contributed by atoms with E-state index in [1.807, 2.05) is 6.92 Å². The lowest BCUT2D eigenvalue weighted by molar-refractivity contribution is -0.0458. The lowest BCUT2D eigenvalue weighted by Crippen LogP contribution is -2.37. The Kier molecular flexibility index (Phi) is 5.25. The van der Waals surface area contributed by atoms with Gasteiger partial charge in [0.25, 0.3) is 0 Å². The molecule has 2 amide bonds. The van der Waals surface area contributed by atoms with Crippen LogP contribution in [-0.2, 0) is 0 Å². The molecule has 0 saturated carbocycles. The molecule has 0 aliphatic carbocycles. The van der Waals surface area contributed by atoms with Gasteiger partial charge in [0.2, 0.25) is 0 Å². The number of hydrogen-bond acceptors (Lipinski definition) is 3. The standard InChI is InChI=1S/C11H11Cl3FN3OS/c1-2-9-16(8-5-3-7(12)4-6-8)11(19)17(15)18(9)20-10(13)14/h3-6,9-10H,2H2,1H3. The Balaban J connectivity index is 2.32. The third-order valence-corrected chi connectivity index (χ3v) is 4.24. The topological polar surface area (TPSA) is 26.8 Å². The maximum atomic E-state index is 14.0. The van der Waals surface area contributed by atoms with E-state index in [1.54, 1.807) is 24.3 Å². The fourth-order valence-corrected chi connectivity index (χ4v) is 3.25. The summed E-state index contributed by atoms with van der Waals surface area (Å²) in [7, 11) is 0. The number of hydrogen-bond donors (Lipinski definition) is 0. The highest BCUT2D eigenvalue weighted by Gasteiger charge is 2.46. The first-order valence-electron chi connectivity index (χ1n) is 5.74. The van der Waals surface area contributed by atoms with Crippen LogP contribution in [0, 0.1) is 0 Å². The van der Waals surface area contributed by atoms with E-state index in [-0.39, 0.29) is 5.23 Å². The summed E-state index contributed by atoms with van der Waals surface area (Å²) in [5.41, 5.74) is 0.553. The predicted molar refractivity (Wildman–Crippen MR) is 81.3 cm³/mol. The van der Waals surface area contributed by atoms with Crippen LogP contribution in [-0.4, -0.2) is 26.0 Å². The normalized spacial score (nSPS) is 20.3. The summed E-state index contributed by atoms with van der Waals surface area (Å²) in [6, 6.07) is 5.80. The molecule has 4 nitrogen and oxygen atoms in total. The second-order valence-corrected chi connectivity index (χ2v) is 7.05. The van der Waals surface area contributed by atoms with Crippen molar-refractivity contribution in [3.05, 3.63) is 29.3 Å². The second-order valence-electron chi connectivity index (χ2n) is 3.95. The predicted octanol–water partition coefficient (Wildman–Crippen LogP) is 4.83.